The molecule has 0 unspecified atom stereocenters. The lowest BCUT2D eigenvalue weighted by molar-refractivity contribution is 0.627. The van der Waals surface area contributed by atoms with E-state index in [4.69, 9.17) is 11.6 Å². The highest BCUT2D eigenvalue weighted by atomic mass is 79.9. The van der Waals surface area contributed by atoms with Crippen LogP contribution < -0.4 is 5.32 Å². The minimum Gasteiger partial charge on any atom is -0.339 e. The van der Waals surface area contributed by atoms with Gasteiger partial charge in [0.2, 0.25) is 0 Å². The fourth-order valence-corrected chi connectivity index (χ4v) is 1.86. The molecule has 0 saturated carbocycles. The number of aromatic nitrogens is 2. The summed E-state index contributed by atoms with van der Waals surface area (Å²) in [7, 11) is 0. The van der Waals surface area contributed by atoms with Gasteiger partial charge in [-0.3, -0.25) is 0 Å². The zero-order valence-electron chi connectivity index (χ0n) is 8.84. The quantitative estimate of drug-likeness (QED) is 0.848. The van der Waals surface area contributed by atoms with Gasteiger partial charge in [-0.1, -0.05) is 11.6 Å². The highest BCUT2D eigenvalue weighted by molar-refractivity contribution is 9.10. The van der Waals surface area contributed by atoms with Crippen molar-refractivity contribution in [2.45, 2.75) is 6.92 Å². The Morgan fingerprint density at radius 1 is 1.35 bits per heavy atom. The molecule has 6 heteroatoms. The van der Waals surface area contributed by atoms with E-state index in [-0.39, 0.29) is 5.82 Å². The van der Waals surface area contributed by atoms with E-state index in [9.17, 15) is 4.39 Å². The summed E-state index contributed by atoms with van der Waals surface area (Å²) < 4.78 is 13.5. The van der Waals surface area contributed by atoms with Crippen LogP contribution in [0.4, 0.5) is 15.9 Å². The molecule has 1 aromatic carbocycles. The summed E-state index contributed by atoms with van der Waals surface area (Å²) in [6.45, 7) is 1.81. The highest BCUT2D eigenvalue weighted by Crippen LogP contribution is 2.28. The van der Waals surface area contributed by atoms with Gasteiger partial charge in [-0.25, -0.2) is 14.4 Å². The lowest BCUT2D eigenvalue weighted by atomic mass is 10.3. The molecule has 0 fully saturated rings. The number of rotatable bonds is 2. The number of anilines is 2. The Bertz CT molecular complexity index is 562. The largest absolute Gasteiger partial charge is 0.339 e. The van der Waals surface area contributed by atoms with Crippen molar-refractivity contribution in [1.29, 1.82) is 0 Å². The molecule has 2 aromatic rings. The van der Waals surface area contributed by atoms with Gasteiger partial charge in [-0.05, 0) is 41.1 Å². The van der Waals surface area contributed by atoms with Crippen LogP contribution in [0.5, 0.6) is 0 Å². The van der Waals surface area contributed by atoms with Gasteiger partial charge in [-0.2, -0.15) is 0 Å². The Morgan fingerprint density at radius 3 is 2.82 bits per heavy atom. The van der Waals surface area contributed by atoms with Gasteiger partial charge in [0.25, 0.3) is 0 Å². The highest BCUT2D eigenvalue weighted by Gasteiger charge is 2.07. The Morgan fingerprint density at radius 2 is 2.12 bits per heavy atom. The number of halogens is 3. The topological polar surface area (TPSA) is 37.8 Å². The zero-order valence-corrected chi connectivity index (χ0v) is 11.2. The van der Waals surface area contributed by atoms with Crippen LogP contribution >= 0.6 is 27.5 Å². The molecular weight excluding hydrogens is 308 g/mol. The third kappa shape index (κ3) is 2.73. The smallest absolute Gasteiger partial charge is 0.138 e. The van der Waals surface area contributed by atoms with Crippen molar-refractivity contribution in [1.82, 2.24) is 9.97 Å². The van der Waals surface area contributed by atoms with Gasteiger partial charge in [0, 0.05) is 10.0 Å². The second-order valence-electron chi connectivity index (χ2n) is 3.39. The van der Waals surface area contributed by atoms with Gasteiger partial charge in [0.05, 0.1) is 5.69 Å². The minimum atomic E-state index is -0.306. The number of nitrogens with one attached hydrogen (secondary N) is 1. The van der Waals surface area contributed by atoms with Gasteiger partial charge >= 0.3 is 0 Å². The second kappa shape index (κ2) is 4.98. The maximum Gasteiger partial charge on any atom is 0.138 e. The van der Waals surface area contributed by atoms with Crippen molar-refractivity contribution in [3.63, 3.8) is 0 Å². The van der Waals surface area contributed by atoms with Crippen molar-refractivity contribution < 1.29 is 4.39 Å². The first kappa shape index (κ1) is 12.3. The van der Waals surface area contributed by atoms with Crippen molar-refractivity contribution >= 4 is 39.0 Å². The number of hydrogen-bond donors (Lipinski definition) is 1. The van der Waals surface area contributed by atoms with Gasteiger partial charge in [0.15, 0.2) is 0 Å². The normalized spacial score (nSPS) is 10.4. The van der Waals surface area contributed by atoms with E-state index >= 15 is 0 Å². The van der Waals surface area contributed by atoms with E-state index in [1.807, 2.05) is 6.92 Å². The van der Waals surface area contributed by atoms with Crippen LogP contribution in [0.1, 0.15) is 5.56 Å². The van der Waals surface area contributed by atoms with Crippen molar-refractivity contribution in [3.8, 4) is 0 Å². The van der Waals surface area contributed by atoms with Crippen molar-refractivity contribution in [2.75, 3.05) is 5.32 Å². The van der Waals surface area contributed by atoms with Crippen LogP contribution in [0.15, 0.2) is 29.0 Å². The molecule has 0 aliphatic carbocycles. The predicted octanol–water partition coefficient (Wildman–Crippen LogP) is 4.08. The van der Waals surface area contributed by atoms with Crippen molar-refractivity contribution in [2.24, 2.45) is 0 Å². The molecule has 17 heavy (non-hydrogen) atoms. The molecule has 0 aliphatic rings. The Kier molecular flexibility index (Phi) is 3.59. The molecule has 0 bridgehead atoms. The molecule has 2 rings (SSSR count). The summed E-state index contributed by atoms with van der Waals surface area (Å²) in [6, 6.07) is 4.36. The van der Waals surface area contributed by atoms with E-state index in [0.29, 0.717) is 21.1 Å². The predicted molar refractivity (Wildman–Crippen MR) is 69.2 cm³/mol. The van der Waals surface area contributed by atoms with E-state index < -0.39 is 0 Å². The third-order valence-corrected chi connectivity index (χ3v) is 3.24. The molecule has 3 nitrogen and oxygen atoms in total. The molecule has 0 amide bonds. The first-order chi connectivity index (χ1) is 8.08. The summed E-state index contributed by atoms with van der Waals surface area (Å²) in [4.78, 5) is 7.94. The van der Waals surface area contributed by atoms with Crippen molar-refractivity contribution in [3.05, 3.63) is 45.5 Å². The monoisotopic (exact) mass is 315 g/mol. The van der Waals surface area contributed by atoms with E-state index in [1.165, 1.54) is 18.5 Å². The van der Waals surface area contributed by atoms with Crippen LogP contribution in [-0.2, 0) is 0 Å². The van der Waals surface area contributed by atoms with Gasteiger partial charge in [-0.15, -0.1) is 0 Å². The number of hydrogen-bond acceptors (Lipinski definition) is 3. The molecule has 1 heterocycles. The number of nitrogens with zero attached hydrogens (tertiary/aromatic N) is 2. The average molecular weight is 317 g/mol. The molecule has 88 valence electrons. The third-order valence-electron chi connectivity index (χ3n) is 2.21. The van der Waals surface area contributed by atoms with Gasteiger partial charge in [0.1, 0.15) is 23.1 Å². The summed E-state index contributed by atoms with van der Waals surface area (Å²) in [5.74, 6) is 0.289. The summed E-state index contributed by atoms with van der Waals surface area (Å²) in [5, 5.41) is 3.45. The van der Waals surface area contributed by atoms with E-state index in [1.54, 1.807) is 6.07 Å². The SMILES string of the molecule is Cc1c(Cl)ncnc1Nc1ccc(F)cc1Br. The van der Waals surface area contributed by atoms with E-state index in [0.717, 1.165) is 5.56 Å². The second-order valence-corrected chi connectivity index (χ2v) is 4.60. The fraction of sp³-hybridized carbons (Fsp3) is 0.0909. The summed E-state index contributed by atoms with van der Waals surface area (Å²) in [6.07, 6.45) is 1.37. The standard InChI is InChI=1S/C11H8BrClFN3/c1-6-10(13)15-5-16-11(6)17-9-3-2-7(14)4-8(9)12/h2-5H,1H3,(H,15,16,17). The van der Waals surface area contributed by atoms with Gasteiger partial charge < -0.3 is 5.32 Å². The molecule has 0 aliphatic heterocycles. The molecule has 0 saturated heterocycles. The Balaban J connectivity index is 2.35. The van der Waals surface area contributed by atoms with Crippen LogP contribution in [-0.4, -0.2) is 9.97 Å². The maximum absolute atomic E-state index is 12.9. The zero-order chi connectivity index (χ0) is 12.4. The Labute approximate surface area is 111 Å². The molecule has 0 radical (unpaired) electrons. The molecular formula is C11H8BrClFN3. The first-order valence-corrected chi connectivity index (χ1v) is 5.94. The fourth-order valence-electron chi connectivity index (χ4n) is 1.27. The van der Waals surface area contributed by atoms with Crippen LogP contribution in [0.25, 0.3) is 0 Å². The lowest BCUT2D eigenvalue weighted by Crippen LogP contribution is -1.99. The summed E-state index contributed by atoms with van der Waals surface area (Å²) in [5.41, 5.74) is 1.45. The summed E-state index contributed by atoms with van der Waals surface area (Å²) >= 11 is 9.15. The molecule has 1 N–H and O–H groups in total. The average Bonchev–Trinajstić information content (AvgIpc) is 2.28. The van der Waals surface area contributed by atoms with Crippen LogP contribution in [0.3, 0.4) is 0 Å². The Hall–Kier alpha value is -1.20. The molecule has 1 aromatic heterocycles. The maximum atomic E-state index is 12.9. The van der Waals surface area contributed by atoms with Crippen LogP contribution in [0.2, 0.25) is 5.15 Å². The van der Waals surface area contributed by atoms with E-state index in [2.05, 4.69) is 31.2 Å². The van der Waals surface area contributed by atoms with Crippen LogP contribution in [0, 0.1) is 12.7 Å². The molecule has 0 atom stereocenters. The lowest BCUT2D eigenvalue weighted by Gasteiger charge is -2.10. The minimum absolute atomic E-state index is 0.306. The number of benzene rings is 1. The molecule has 0 spiro atoms. The first-order valence-electron chi connectivity index (χ1n) is 4.77.